The Morgan fingerprint density at radius 1 is 1.30 bits per heavy atom. The van der Waals surface area contributed by atoms with Gasteiger partial charge in [-0.3, -0.25) is 9.59 Å². The second kappa shape index (κ2) is 6.68. The lowest BCUT2D eigenvalue weighted by molar-refractivity contribution is -0.138. The van der Waals surface area contributed by atoms with Crippen molar-refractivity contribution >= 4 is 11.9 Å². The van der Waals surface area contributed by atoms with Gasteiger partial charge in [-0.15, -0.1) is 0 Å². The molecule has 2 unspecified atom stereocenters. The summed E-state index contributed by atoms with van der Waals surface area (Å²) in [4.78, 5) is 23.6. The molecule has 1 aromatic carbocycles. The number of ether oxygens (including phenoxy) is 2. The summed E-state index contributed by atoms with van der Waals surface area (Å²) in [5, 5.41) is 12.0. The van der Waals surface area contributed by atoms with Gasteiger partial charge in [-0.05, 0) is 30.5 Å². The molecule has 124 valence electrons. The van der Waals surface area contributed by atoms with Crippen LogP contribution in [0.4, 0.5) is 0 Å². The topological polar surface area (TPSA) is 84.9 Å². The molecule has 2 N–H and O–H groups in total. The normalized spacial score (nSPS) is 27.0. The number of hydrogen-bond acceptors (Lipinski definition) is 4. The van der Waals surface area contributed by atoms with Crippen LogP contribution in [0.15, 0.2) is 24.3 Å². The van der Waals surface area contributed by atoms with E-state index in [9.17, 15) is 9.59 Å². The van der Waals surface area contributed by atoms with Crippen molar-refractivity contribution in [1.29, 1.82) is 0 Å². The van der Waals surface area contributed by atoms with Crippen LogP contribution in [0.5, 0.6) is 0 Å². The minimum absolute atomic E-state index is 0.130. The molecule has 2 saturated heterocycles. The molecule has 1 aromatic rings. The molecular weight excluding hydrogens is 298 g/mol. The first-order valence-electron chi connectivity index (χ1n) is 7.88. The van der Waals surface area contributed by atoms with Crippen LogP contribution in [0, 0.1) is 0 Å². The third kappa shape index (κ3) is 3.71. The fraction of sp³-hybridized carbons (Fsp3) is 0.529. The van der Waals surface area contributed by atoms with Crippen molar-refractivity contribution in [2.45, 2.75) is 30.7 Å². The molecule has 6 heteroatoms. The number of carboxylic acid groups (broad SMARTS) is 1. The predicted molar refractivity (Wildman–Crippen MR) is 82.5 cm³/mol. The fourth-order valence-electron chi connectivity index (χ4n) is 3.22. The van der Waals surface area contributed by atoms with Crippen molar-refractivity contribution in [3.8, 4) is 0 Å². The summed E-state index contributed by atoms with van der Waals surface area (Å²) in [5.74, 6) is -0.865. The van der Waals surface area contributed by atoms with Crippen LogP contribution in [-0.4, -0.2) is 48.9 Å². The van der Waals surface area contributed by atoms with Gasteiger partial charge in [0.05, 0.1) is 25.2 Å². The van der Waals surface area contributed by atoms with Crippen LogP contribution in [-0.2, 0) is 14.3 Å². The highest BCUT2D eigenvalue weighted by Crippen LogP contribution is 2.27. The lowest BCUT2D eigenvalue weighted by Crippen LogP contribution is -2.50. The molecule has 0 radical (unpaired) electrons. The molecule has 0 aliphatic carbocycles. The third-order valence-corrected chi connectivity index (χ3v) is 4.52. The smallest absolute Gasteiger partial charge is 0.305 e. The third-order valence-electron chi connectivity index (χ3n) is 4.52. The molecule has 0 spiro atoms. The number of amides is 1. The number of benzene rings is 1. The molecule has 2 aliphatic heterocycles. The first kappa shape index (κ1) is 16.0. The fourth-order valence-corrected chi connectivity index (χ4v) is 3.22. The van der Waals surface area contributed by atoms with Gasteiger partial charge in [0.15, 0.2) is 0 Å². The monoisotopic (exact) mass is 319 g/mol. The Kier molecular flexibility index (Phi) is 4.63. The number of hydrogen-bond donors (Lipinski definition) is 2. The van der Waals surface area contributed by atoms with E-state index >= 15 is 0 Å². The van der Waals surface area contributed by atoms with Gasteiger partial charge in [-0.25, -0.2) is 0 Å². The van der Waals surface area contributed by atoms with Gasteiger partial charge in [0.25, 0.3) is 5.91 Å². The molecule has 6 nitrogen and oxygen atoms in total. The van der Waals surface area contributed by atoms with E-state index in [1.54, 1.807) is 6.07 Å². The van der Waals surface area contributed by atoms with Gasteiger partial charge in [0.2, 0.25) is 0 Å². The Balaban J connectivity index is 1.74. The number of nitrogens with one attached hydrogen (secondary N) is 1. The Hall–Kier alpha value is -1.92. The van der Waals surface area contributed by atoms with Gasteiger partial charge >= 0.3 is 5.97 Å². The maximum absolute atomic E-state index is 12.6. The van der Waals surface area contributed by atoms with Crippen molar-refractivity contribution in [3.63, 3.8) is 0 Å². The highest BCUT2D eigenvalue weighted by Gasteiger charge is 2.38. The number of carbonyl (C=O) groups excluding carboxylic acids is 1. The summed E-state index contributed by atoms with van der Waals surface area (Å²) in [5.41, 5.74) is 0.825. The second-order valence-electron chi connectivity index (χ2n) is 6.29. The summed E-state index contributed by atoms with van der Waals surface area (Å²) in [6, 6.07) is 7.48. The van der Waals surface area contributed by atoms with Gasteiger partial charge in [-0.1, -0.05) is 12.1 Å². The van der Waals surface area contributed by atoms with Crippen LogP contribution in [0.25, 0.3) is 0 Å². The number of aliphatic carboxylic acids is 1. The van der Waals surface area contributed by atoms with Crippen molar-refractivity contribution in [2.75, 3.05) is 26.4 Å². The van der Waals surface area contributed by atoms with E-state index in [4.69, 9.17) is 14.6 Å². The summed E-state index contributed by atoms with van der Waals surface area (Å²) >= 11 is 0. The zero-order chi connectivity index (χ0) is 16.3. The number of carboxylic acids is 1. The van der Waals surface area contributed by atoms with E-state index in [0.29, 0.717) is 31.1 Å². The van der Waals surface area contributed by atoms with E-state index in [1.807, 2.05) is 18.2 Å². The molecule has 2 atom stereocenters. The van der Waals surface area contributed by atoms with Crippen LogP contribution in [0.2, 0.25) is 0 Å². The average molecular weight is 319 g/mol. The lowest BCUT2D eigenvalue weighted by atomic mass is 9.93. The Bertz CT molecular complexity index is 588. The highest BCUT2D eigenvalue weighted by atomic mass is 16.5. The van der Waals surface area contributed by atoms with Crippen molar-refractivity contribution in [1.82, 2.24) is 5.32 Å². The maximum Gasteiger partial charge on any atom is 0.305 e. The first-order valence-corrected chi connectivity index (χ1v) is 7.88. The average Bonchev–Trinajstić information content (AvgIpc) is 3.19. The summed E-state index contributed by atoms with van der Waals surface area (Å²) in [6.45, 7) is 2.14. The molecule has 0 saturated carbocycles. The van der Waals surface area contributed by atoms with Crippen molar-refractivity contribution in [3.05, 3.63) is 35.4 Å². The summed E-state index contributed by atoms with van der Waals surface area (Å²) < 4.78 is 10.7. The SMILES string of the molecule is O=C(O)CC1(NC(=O)c2cccc(C3CCOC3)c2)CCOC1. The van der Waals surface area contributed by atoms with Crippen molar-refractivity contribution < 1.29 is 24.2 Å². The molecule has 0 aromatic heterocycles. The zero-order valence-corrected chi connectivity index (χ0v) is 12.9. The number of rotatable bonds is 5. The predicted octanol–water partition coefficient (Wildman–Crippen LogP) is 1.55. The molecule has 2 fully saturated rings. The second-order valence-corrected chi connectivity index (χ2v) is 6.29. The summed E-state index contributed by atoms with van der Waals surface area (Å²) in [7, 11) is 0. The van der Waals surface area contributed by atoms with Gasteiger partial charge in [-0.2, -0.15) is 0 Å². The molecule has 3 rings (SSSR count). The Morgan fingerprint density at radius 2 is 2.17 bits per heavy atom. The van der Waals surface area contributed by atoms with Crippen LogP contribution >= 0.6 is 0 Å². The molecule has 2 heterocycles. The minimum atomic E-state index is -0.937. The zero-order valence-electron chi connectivity index (χ0n) is 12.9. The van der Waals surface area contributed by atoms with Gasteiger partial charge in [0, 0.05) is 24.7 Å². The van der Waals surface area contributed by atoms with E-state index in [0.717, 1.165) is 18.6 Å². The van der Waals surface area contributed by atoms with Crippen LogP contribution in [0.3, 0.4) is 0 Å². The van der Waals surface area contributed by atoms with Crippen LogP contribution < -0.4 is 5.32 Å². The highest BCUT2D eigenvalue weighted by molar-refractivity contribution is 5.95. The standard InChI is InChI=1S/C17H21NO5/c19-15(20)9-17(5-7-23-11-17)18-16(21)13-3-1-2-12(8-13)14-4-6-22-10-14/h1-3,8,14H,4-7,9-11H2,(H,18,21)(H,19,20). The molecule has 0 bridgehead atoms. The Labute approximate surface area is 134 Å². The number of carbonyl (C=O) groups is 2. The Morgan fingerprint density at radius 3 is 2.83 bits per heavy atom. The van der Waals surface area contributed by atoms with Crippen molar-refractivity contribution in [2.24, 2.45) is 0 Å². The van der Waals surface area contributed by atoms with Gasteiger partial charge in [0.1, 0.15) is 0 Å². The largest absolute Gasteiger partial charge is 0.481 e. The van der Waals surface area contributed by atoms with E-state index in [2.05, 4.69) is 5.32 Å². The molecule has 2 aliphatic rings. The quantitative estimate of drug-likeness (QED) is 0.860. The lowest BCUT2D eigenvalue weighted by Gasteiger charge is -2.27. The maximum atomic E-state index is 12.6. The minimum Gasteiger partial charge on any atom is -0.481 e. The van der Waals surface area contributed by atoms with Gasteiger partial charge < -0.3 is 19.9 Å². The van der Waals surface area contributed by atoms with E-state index in [-0.39, 0.29) is 18.9 Å². The van der Waals surface area contributed by atoms with E-state index < -0.39 is 11.5 Å². The molecule has 23 heavy (non-hydrogen) atoms. The molecule has 1 amide bonds. The summed E-state index contributed by atoms with van der Waals surface area (Å²) in [6.07, 6.45) is 1.35. The van der Waals surface area contributed by atoms with Crippen LogP contribution in [0.1, 0.15) is 41.1 Å². The van der Waals surface area contributed by atoms with E-state index in [1.165, 1.54) is 0 Å². The first-order chi connectivity index (χ1) is 11.1. The molecular formula is C17H21NO5.